The van der Waals surface area contributed by atoms with Gasteiger partial charge < -0.3 is 10.2 Å². The van der Waals surface area contributed by atoms with Gasteiger partial charge in [0.1, 0.15) is 17.9 Å². The molecule has 0 spiro atoms. The summed E-state index contributed by atoms with van der Waals surface area (Å²) in [7, 11) is 0. The van der Waals surface area contributed by atoms with Crippen LogP contribution in [-0.4, -0.2) is 46.4 Å². The normalized spacial score (nSPS) is 13.3. The van der Waals surface area contributed by atoms with Crippen LogP contribution in [0.4, 0.5) is 13.2 Å². The lowest BCUT2D eigenvalue weighted by atomic mass is 10.1. The SMILES string of the molecule is C[C@H](O)c1nc(Cn2c(C#N)c(-c3ccc(Cl)cc3)n(C[C@H](O)C(F)(F)F)c2=O)nn1-c1cccc(Cl)c1. The summed E-state index contributed by atoms with van der Waals surface area (Å²) >= 11 is 12.0. The number of hydrogen-bond acceptors (Lipinski definition) is 6. The zero-order chi connectivity index (χ0) is 27.8. The Morgan fingerprint density at radius 1 is 1.08 bits per heavy atom. The van der Waals surface area contributed by atoms with Gasteiger partial charge in [-0.1, -0.05) is 41.4 Å². The Balaban J connectivity index is 1.87. The van der Waals surface area contributed by atoms with E-state index in [1.807, 2.05) is 6.07 Å². The van der Waals surface area contributed by atoms with Crippen LogP contribution in [0, 0.1) is 11.3 Å². The van der Waals surface area contributed by atoms with E-state index in [0.29, 0.717) is 20.3 Å². The molecule has 38 heavy (non-hydrogen) atoms. The first-order chi connectivity index (χ1) is 17.9. The average Bonchev–Trinajstić information content (AvgIpc) is 3.39. The smallest absolute Gasteiger partial charge is 0.385 e. The maximum Gasteiger partial charge on any atom is 0.416 e. The van der Waals surface area contributed by atoms with Gasteiger partial charge in [-0.3, -0.25) is 9.13 Å². The van der Waals surface area contributed by atoms with Gasteiger partial charge in [0.25, 0.3) is 0 Å². The van der Waals surface area contributed by atoms with E-state index in [0.717, 1.165) is 4.57 Å². The Morgan fingerprint density at radius 3 is 2.34 bits per heavy atom. The zero-order valence-corrected chi connectivity index (χ0v) is 21.1. The Morgan fingerprint density at radius 2 is 1.76 bits per heavy atom. The molecular formula is C24H19Cl2F3N6O3. The summed E-state index contributed by atoms with van der Waals surface area (Å²) in [6, 6.07) is 14.2. The number of rotatable bonds is 7. The fourth-order valence-corrected chi connectivity index (χ4v) is 4.15. The van der Waals surface area contributed by atoms with Crippen LogP contribution in [0.5, 0.6) is 0 Å². The van der Waals surface area contributed by atoms with Crippen LogP contribution in [0.15, 0.2) is 53.3 Å². The summed E-state index contributed by atoms with van der Waals surface area (Å²) in [5, 5.41) is 35.0. The predicted molar refractivity (Wildman–Crippen MR) is 132 cm³/mol. The molecule has 2 atom stereocenters. The van der Waals surface area contributed by atoms with Gasteiger partial charge in [-0.2, -0.15) is 18.4 Å². The predicted octanol–water partition coefficient (Wildman–Crippen LogP) is 4.10. The van der Waals surface area contributed by atoms with Gasteiger partial charge >= 0.3 is 11.9 Å². The van der Waals surface area contributed by atoms with Crippen molar-refractivity contribution in [2.75, 3.05) is 0 Å². The third kappa shape index (κ3) is 5.46. The zero-order valence-electron chi connectivity index (χ0n) is 19.6. The van der Waals surface area contributed by atoms with Crippen LogP contribution in [0.25, 0.3) is 16.9 Å². The highest BCUT2D eigenvalue weighted by Gasteiger charge is 2.39. The van der Waals surface area contributed by atoms with Crippen molar-refractivity contribution in [3.05, 3.63) is 86.4 Å². The van der Waals surface area contributed by atoms with Gasteiger partial charge in [0.15, 0.2) is 17.8 Å². The lowest BCUT2D eigenvalue weighted by molar-refractivity contribution is -0.207. The second-order valence-corrected chi connectivity index (χ2v) is 9.18. The summed E-state index contributed by atoms with van der Waals surface area (Å²) in [6.45, 7) is -0.106. The number of imidazole rings is 1. The maximum absolute atomic E-state index is 13.4. The number of benzene rings is 2. The van der Waals surface area contributed by atoms with Crippen LogP contribution in [0.2, 0.25) is 10.0 Å². The van der Waals surface area contributed by atoms with Crippen LogP contribution in [0.3, 0.4) is 0 Å². The van der Waals surface area contributed by atoms with Crippen molar-refractivity contribution in [2.45, 2.75) is 38.4 Å². The highest BCUT2D eigenvalue weighted by Crippen LogP contribution is 2.28. The summed E-state index contributed by atoms with van der Waals surface area (Å²) in [5.41, 5.74) is -0.703. The molecule has 0 saturated carbocycles. The molecule has 0 fully saturated rings. The minimum absolute atomic E-state index is 0.00403. The number of hydrogen-bond donors (Lipinski definition) is 2. The lowest BCUT2D eigenvalue weighted by Gasteiger charge is -2.16. The third-order valence-electron chi connectivity index (χ3n) is 5.58. The Labute approximate surface area is 223 Å². The van der Waals surface area contributed by atoms with E-state index in [2.05, 4.69) is 10.1 Å². The molecule has 0 aliphatic rings. The molecule has 2 aromatic heterocycles. The molecule has 14 heteroatoms. The van der Waals surface area contributed by atoms with E-state index in [1.165, 1.54) is 35.9 Å². The van der Waals surface area contributed by atoms with Gasteiger partial charge in [-0.05, 0) is 37.3 Å². The molecule has 0 aliphatic carbocycles. The number of halogens is 5. The molecule has 198 valence electrons. The highest BCUT2D eigenvalue weighted by molar-refractivity contribution is 6.31. The summed E-state index contributed by atoms with van der Waals surface area (Å²) in [6.07, 6.45) is -8.95. The van der Waals surface area contributed by atoms with Crippen LogP contribution < -0.4 is 5.69 Å². The molecule has 4 aromatic rings. The topological polar surface area (TPSA) is 122 Å². The van der Waals surface area contributed by atoms with E-state index in [9.17, 15) is 33.4 Å². The molecule has 2 aromatic carbocycles. The molecule has 0 aliphatic heterocycles. The minimum atomic E-state index is -5.00. The second kappa shape index (κ2) is 10.6. The Bertz CT molecular complexity index is 1570. The maximum atomic E-state index is 13.4. The van der Waals surface area contributed by atoms with E-state index < -0.39 is 37.2 Å². The lowest BCUT2D eigenvalue weighted by Crippen LogP contribution is -2.37. The summed E-state index contributed by atoms with van der Waals surface area (Å²) in [5.74, 6) is 0.106. The molecule has 0 bridgehead atoms. The number of nitriles is 1. The van der Waals surface area contributed by atoms with Gasteiger partial charge in [-0.25, -0.2) is 14.5 Å². The quantitative estimate of drug-likeness (QED) is 0.347. The van der Waals surface area contributed by atoms with Crippen molar-refractivity contribution in [1.82, 2.24) is 23.9 Å². The fourth-order valence-electron chi connectivity index (χ4n) is 3.84. The summed E-state index contributed by atoms with van der Waals surface area (Å²) < 4.78 is 42.5. The van der Waals surface area contributed by atoms with Crippen molar-refractivity contribution in [1.29, 1.82) is 5.26 Å². The minimum Gasteiger partial charge on any atom is -0.385 e. The first-order valence-electron chi connectivity index (χ1n) is 11.0. The van der Waals surface area contributed by atoms with Gasteiger partial charge in [-0.15, -0.1) is 5.10 Å². The number of aliphatic hydroxyl groups excluding tert-OH is 2. The second-order valence-electron chi connectivity index (χ2n) is 8.31. The Hall–Kier alpha value is -3.63. The molecule has 0 amide bonds. The molecular weight excluding hydrogens is 548 g/mol. The summed E-state index contributed by atoms with van der Waals surface area (Å²) in [4.78, 5) is 17.6. The fraction of sp³-hybridized carbons (Fsp3) is 0.250. The molecule has 0 unspecified atom stereocenters. The van der Waals surface area contributed by atoms with Crippen molar-refractivity contribution < 1.29 is 23.4 Å². The molecule has 0 radical (unpaired) electrons. The monoisotopic (exact) mass is 566 g/mol. The third-order valence-corrected chi connectivity index (χ3v) is 6.07. The number of aromatic nitrogens is 5. The molecule has 9 nitrogen and oxygen atoms in total. The molecule has 2 heterocycles. The van der Waals surface area contributed by atoms with Gasteiger partial charge in [0.05, 0.1) is 24.5 Å². The standard InChI is InChI=1S/C24H19Cl2F3N6O3/c1-13(36)22-31-20(32-35(22)17-4-2-3-16(26)9-17)12-33-18(10-30)21(14-5-7-15(25)8-6-14)34(23(33)38)11-19(37)24(27,28)29/h2-9,13,19,36-37H,11-12H2,1H3/t13-,19-/m0/s1. The highest BCUT2D eigenvalue weighted by atomic mass is 35.5. The van der Waals surface area contributed by atoms with E-state index in [4.69, 9.17) is 23.2 Å². The van der Waals surface area contributed by atoms with Gasteiger partial charge in [0.2, 0.25) is 0 Å². The van der Waals surface area contributed by atoms with Crippen molar-refractivity contribution in [3.63, 3.8) is 0 Å². The van der Waals surface area contributed by atoms with Crippen molar-refractivity contribution in [3.8, 4) is 23.0 Å². The number of alkyl halides is 3. The largest absolute Gasteiger partial charge is 0.416 e. The first kappa shape index (κ1) is 27.4. The van der Waals surface area contributed by atoms with E-state index in [1.54, 1.807) is 24.3 Å². The van der Waals surface area contributed by atoms with Crippen LogP contribution in [-0.2, 0) is 13.1 Å². The number of aliphatic hydroxyl groups is 2. The van der Waals surface area contributed by atoms with Crippen LogP contribution >= 0.6 is 23.2 Å². The Kier molecular flexibility index (Phi) is 7.66. The molecule has 0 saturated heterocycles. The average molecular weight is 567 g/mol. The first-order valence-corrected chi connectivity index (χ1v) is 11.8. The number of nitrogens with zero attached hydrogens (tertiary/aromatic N) is 6. The van der Waals surface area contributed by atoms with E-state index in [-0.39, 0.29) is 28.6 Å². The molecule has 4 rings (SSSR count). The van der Waals surface area contributed by atoms with Gasteiger partial charge in [0, 0.05) is 15.6 Å². The molecule has 2 N–H and O–H groups in total. The van der Waals surface area contributed by atoms with Crippen molar-refractivity contribution >= 4 is 23.2 Å². The van der Waals surface area contributed by atoms with E-state index >= 15 is 0 Å². The van der Waals surface area contributed by atoms with Crippen LogP contribution in [0.1, 0.15) is 30.4 Å². The van der Waals surface area contributed by atoms with Crippen molar-refractivity contribution in [2.24, 2.45) is 0 Å².